The van der Waals surface area contributed by atoms with Gasteiger partial charge in [-0.05, 0) is 43.5 Å². The van der Waals surface area contributed by atoms with Gasteiger partial charge in [-0.1, -0.05) is 15.9 Å². The molecule has 0 aromatic heterocycles. The summed E-state index contributed by atoms with van der Waals surface area (Å²) in [6.07, 6.45) is 3.72. The lowest BCUT2D eigenvalue weighted by molar-refractivity contribution is -0.131. The van der Waals surface area contributed by atoms with E-state index in [1.807, 2.05) is 29.2 Å². The largest absolute Gasteiger partial charge is 0.339 e. The minimum atomic E-state index is -0.216. The van der Waals surface area contributed by atoms with Crippen LogP contribution in [0.3, 0.4) is 0 Å². The molecule has 1 N–H and O–H groups in total. The van der Waals surface area contributed by atoms with Crippen LogP contribution in [0.1, 0.15) is 25.7 Å². The van der Waals surface area contributed by atoms with Crippen molar-refractivity contribution in [3.8, 4) is 0 Å². The quantitative estimate of drug-likeness (QED) is 0.922. The summed E-state index contributed by atoms with van der Waals surface area (Å²) >= 11 is 3.36. The second kappa shape index (κ2) is 5.56. The molecule has 0 bridgehead atoms. The first-order valence-corrected chi connectivity index (χ1v) is 7.78. The summed E-state index contributed by atoms with van der Waals surface area (Å²) in [5, 5.41) is 2.89. The highest BCUT2D eigenvalue weighted by Gasteiger charge is 2.39. The van der Waals surface area contributed by atoms with Gasteiger partial charge in [0.2, 0.25) is 11.8 Å². The fourth-order valence-electron chi connectivity index (χ4n) is 2.74. The predicted octanol–water partition coefficient (Wildman–Crippen LogP) is 2.79. The molecule has 1 atom stereocenters. The molecule has 1 unspecified atom stereocenters. The molecule has 1 aliphatic carbocycles. The van der Waals surface area contributed by atoms with E-state index >= 15 is 0 Å². The Hall–Kier alpha value is -1.36. The number of carbonyl (C=O) groups excluding carboxylic acids is 2. The van der Waals surface area contributed by atoms with Gasteiger partial charge in [0.25, 0.3) is 0 Å². The summed E-state index contributed by atoms with van der Waals surface area (Å²) in [6, 6.07) is 7.85. The molecule has 4 nitrogen and oxygen atoms in total. The van der Waals surface area contributed by atoms with Crippen molar-refractivity contribution in [3.63, 3.8) is 0 Å². The Morgan fingerprint density at radius 2 is 1.95 bits per heavy atom. The first-order chi connectivity index (χ1) is 9.63. The van der Waals surface area contributed by atoms with Crippen LogP contribution in [-0.2, 0) is 9.59 Å². The van der Waals surface area contributed by atoms with Crippen LogP contribution >= 0.6 is 15.9 Å². The highest BCUT2D eigenvalue weighted by atomic mass is 79.9. The zero-order valence-electron chi connectivity index (χ0n) is 11.1. The molecule has 1 saturated carbocycles. The molecule has 2 amide bonds. The van der Waals surface area contributed by atoms with Crippen LogP contribution in [0.5, 0.6) is 0 Å². The van der Waals surface area contributed by atoms with E-state index in [0.29, 0.717) is 19.0 Å². The van der Waals surface area contributed by atoms with Gasteiger partial charge in [-0.3, -0.25) is 9.59 Å². The number of benzene rings is 1. The van der Waals surface area contributed by atoms with Gasteiger partial charge in [-0.15, -0.1) is 0 Å². The van der Waals surface area contributed by atoms with E-state index in [0.717, 1.165) is 23.0 Å². The van der Waals surface area contributed by atoms with Gasteiger partial charge in [0.1, 0.15) is 0 Å². The van der Waals surface area contributed by atoms with Crippen LogP contribution in [0.15, 0.2) is 28.7 Å². The van der Waals surface area contributed by atoms with E-state index < -0.39 is 0 Å². The molecular weight excluding hydrogens is 320 g/mol. The molecule has 1 heterocycles. The first-order valence-electron chi connectivity index (χ1n) is 6.99. The van der Waals surface area contributed by atoms with E-state index in [1.54, 1.807) is 0 Å². The zero-order valence-corrected chi connectivity index (χ0v) is 12.7. The molecule has 0 spiro atoms. The van der Waals surface area contributed by atoms with Gasteiger partial charge < -0.3 is 10.2 Å². The minimum absolute atomic E-state index is 0.0532. The molecule has 3 rings (SSSR count). The van der Waals surface area contributed by atoms with Crippen molar-refractivity contribution in [1.82, 2.24) is 4.90 Å². The van der Waals surface area contributed by atoms with Gasteiger partial charge in [0.05, 0.1) is 5.92 Å². The molecule has 1 aromatic rings. The average Bonchev–Trinajstić information content (AvgIpc) is 2.73. The number of carbonyl (C=O) groups is 2. The number of amides is 2. The molecule has 5 heteroatoms. The van der Waals surface area contributed by atoms with Crippen molar-refractivity contribution in [2.24, 2.45) is 5.92 Å². The van der Waals surface area contributed by atoms with Crippen LogP contribution in [-0.4, -0.2) is 29.3 Å². The highest BCUT2D eigenvalue weighted by molar-refractivity contribution is 9.10. The SMILES string of the molecule is O=C(Nc1ccc(Br)cc1)C1CC(=O)N(C2CCC2)C1. The fraction of sp³-hybridized carbons (Fsp3) is 0.467. The third-order valence-electron chi connectivity index (χ3n) is 4.16. The second-order valence-corrected chi connectivity index (χ2v) is 6.44. The maximum atomic E-state index is 12.2. The molecule has 1 saturated heterocycles. The third-order valence-corrected chi connectivity index (χ3v) is 4.69. The molecule has 20 heavy (non-hydrogen) atoms. The van der Waals surface area contributed by atoms with Crippen LogP contribution in [0, 0.1) is 5.92 Å². The van der Waals surface area contributed by atoms with Crippen molar-refractivity contribution in [3.05, 3.63) is 28.7 Å². The number of likely N-dealkylation sites (tertiary alicyclic amines) is 1. The van der Waals surface area contributed by atoms with Crippen LogP contribution in [0.4, 0.5) is 5.69 Å². The third kappa shape index (κ3) is 2.73. The van der Waals surface area contributed by atoms with Crippen molar-refractivity contribution in [2.45, 2.75) is 31.7 Å². The molecule has 2 fully saturated rings. The first kappa shape index (κ1) is 13.6. The predicted molar refractivity (Wildman–Crippen MR) is 80.2 cm³/mol. The molecule has 1 aromatic carbocycles. The van der Waals surface area contributed by atoms with Gasteiger partial charge in [0.15, 0.2) is 0 Å². The van der Waals surface area contributed by atoms with Crippen LogP contribution < -0.4 is 5.32 Å². The Balaban J connectivity index is 1.60. The lowest BCUT2D eigenvalue weighted by Gasteiger charge is -2.34. The number of hydrogen-bond donors (Lipinski definition) is 1. The van der Waals surface area contributed by atoms with Gasteiger partial charge in [-0.25, -0.2) is 0 Å². The Kier molecular flexibility index (Phi) is 3.78. The van der Waals surface area contributed by atoms with E-state index in [-0.39, 0.29) is 17.7 Å². The molecular formula is C15H17BrN2O2. The zero-order chi connectivity index (χ0) is 14.1. The molecule has 2 aliphatic rings. The Labute approximate surface area is 126 Å². The number of hydrogen-bond acceptors (Lipinski definition) is 2. The fourth-order valence-corrected chi connectivity index (χ4v) is 3.00. The minimum Gasteiger partial charge on any atom is -0.339 e. The van der Waals surface area contributed by atoms with E-state index in [9.17, 15) is 9.59 Å². The normalized spacial score (nSPS) is 22.8. The number of nitrogens with one attached hydrogen (secondary N) is 1. The maximum absolute atomic E-state index is 12.2. The van der Waals surface area contributed by atoms with E-state index in [4.69, 9.17) is 0 Å². The summed E-state index contributed by atoms with van der Waals surface area (Å²) in [6.45, 7) is 0.575. The number of halogens is 1. The standard InChI is InChI=1S/C15H17BrN2O2/c16-11-4-6-12(7-5-11)17-15(20)10-8-14(19)18(9-10)13-2-1-3-13/h4-7,10,13H,1-3,8-9H2,(H,17,20). The van der Waals surface area contributed by atoms with E-state index in [2.05, 4.69) is 21.2 Å². The number of rotatable bonds is 3. The van der Waals surface area contributed by atoms with Crippen LogP contribution in [0.2, 0.25) is 0 Å². The Morgan fingerprint density at radius 1 is 1.25 bits per heavy atom. The lowest BCUT2D eigenvalue weighted by atomic mass is 9.92. The number of nitrogens with zero attached hydrogens (tertiary/aromatic N) is 1. The summed E-state index contributed by atoms with van der Waals surface area (Å²) in [5.74, 6) is -0.139. The Bertz CT molecular complexity index is 525. The second-order valence-electron chi connectivity index (χ2n) is 5.53. The van der Waals surface area contributed by atoms with Gasteiger partial charge >= 0.3 is 0 Å². The van der Waals surface area contributed by atoms with E-state index in [1.165, 1.54) is 6.42 Å². The van der Waals surface area contributed by atoms with Crippen molar-refractivity contribution >= 4 is 33.4 Å². The lowest BCUT2D eigenvalue weighted by Crippen LogP contribution is -2.41. The Morgan fingerprint density at radius 3 is 2.55 bits per heavy atom. The van der Waals surface area contributed by atoms with Crippen LogP contribution in [0.25, 0.3) is 0 Å². The summed E-state index contributed by atoms with van der Waals surface area (Å²) in [4.78, 5) is 26.1. The van der Waals surface area contributed by atoms with Crippen molar-refractivity contribution in [2.75, 3.05) is 11.9 Å². The summed E-state index contributed by atoms with van der Waals surface area (Å²) in [5.41, 5.74) is 0.771. The smallest absolute Gasteiger partial charge is 0.229 e. The van der Waals surface area contributed by atoms with Crippen molar-refractivity contribution in [1.29, 1.82) is 0 Å². The average molecular weight is 337 g/mol. The highest BCUT2D eigenvalue weighted by Crippen LogP contribution is 2.31. The number of anilines is 1. The molecule has 106 valence electrons. The van der Waals surface area contributed by atoms with Gasteiger partial charge in [-0.2, -0.15) is 0 Å². The molecule has 1 aliphatic heterocycles. The molecule has 0 radical (unpaired) electrons. The van der Waals surface area contributed by atoms with Gasteiger partial charge in [0, 0.05) is 29.2 Å². The monoisotopic (exact) mass is 336 g/mol. The summed E-state index contributed by atoms with van der Waals surface area (Å²) in [7, 11) is 0. The maximum Gasteiger partial charge on any atom is 0.229 e. The van der Waals surface area contributed by atoms with Crippen molar-refractivity contribution < 1.29 is 9.59 Å². The summed E-state index contributed by atoms with van der Waals surface area (Å²) < 4.78 is 0.975. The topological polar surface area (TPSA) is 49.4 Å².